The van der Waals surface area contributed by atoms with Gasteiger partial charge >= 0.3 is 0 Å². The van der Waals surface area contributed by atoms with Crippen molar-refractivity contribution in [3.63, 3.8) is 0 Å². The molecule has 0 saturated carbocycles. The van der Waals surface area contributed by atoms with Crippen LogP contribution in [0.2, 0.25) is 0 Å². The molecule has 1 aromatic rings. The van der Waals surface area contributed by atoms with Crippen molar-refractivity contribution in [1.29, 1.82) is 0 Å². The Morgan fingerprint density at radius 1 is 1.30 bits per heavy atom. The van der Waals surface area contributed by atoms with Gasteiger partial charge in [-0.1, -0.05) is 29.3 Å². The number of carbonyl (C=O) groups is 1. The van der Waals surface area contributed by atoms with E-state index >= 15 is 0 Å². The van der Waals surface area contributed by atoms with Gasteiger partial charge in [-0.2, -0.15) is 0 Å². The molecule has 20 heavy (non-hydrogen) atoms. The fourth-order valence-electron chi connectivity index (χ4n) is 2.75. The third-order valence-corrected chi connectivity index (χ3v) is 3.77. The summed E-state index contributed by atoms with van der Waals surface area (Å²) in [6, 6.07) is 6.53. The average Bonchev–Trinajstić information content (AvgIpc) is 2.38. The van der Waals surface area contributed by atoms with Crippen LogP contribution in [-0.2, 0) is 4.79 Å². The topological polar surface area (TPSA) is 41.1 Å². The summed E-state index contributed by atoms with van der Waals surface area (Å²) in [6.07, 6.45) is 2.09. The van der Waals surface area contributed by atoms with Gasteiger partial charge in [-0.3, -0.25) is 4.79 Å². The van der Waals surface area contributed by atoms with Crippen molar-refractivity contribution in [2.45, 2.75) is 39.7 Å². The predicted molar refractivity (Wildman–Crippen MR) is 85.3 cm³/mol. The van der Waals surface area contributed by atoms with E-state index in [0.29, 0.717) is 0 Å². The Labute approximate surface area is 127 Å². The molecular weight excluding hydrogens is 272 g/mol. The second-order valence-electron chi connectivity index (χ2n) is 5.69. The van der Waals surface area contributed by atoms with Crippen LogP contribution >= 0.6 is 12.4 Å². The molecule has 112 valence electrons. The number of nitrogens with one attached hydrogen (secondary N) is 2. The first-order valence-corrected chi connectivity index (χ1v) is 7.15. The number of hydrogen-bond acceptors (Lipinski definition) is 2. The lowest BCUT2D eigenvalue weighted by Gasteiger charge is -2.24. The molecule has 0 aromatic heterocycles. The van der Waals surface area contributed by atoms with E-state index in [4.69, 9.17) is 0 Å². The van der Waals surface area contributed by atoms with Crippen molar-refractivity contribution >= 4 is 18.3 Å². The molecule has 2 N–H and O–H groups in total. The molecule has 2 unspecified atom stereocenters. The van der Waals surface area contributed by atoms with Gasteiger partial charge < -0.3 is 10.6 Å². The second-order valence-corrected chi connectivity index (χ2v) is 5.69. The highest BCUT2D eigenvalue weighted by Crippen LogP contribution is 2.18. The van der Waals surface area contributed by atoms with E-state index in [9.17, 15) is 4.79 Å². The van der Waals surface area contributed by atoms with Crippen molar-refractivity contribution in [2.24, 2.45) is 5.92 Å². The molecule has 0 bridgehead atoms. The number of benzene rings is 1. The van der Waals surface area contributed by atoms with Crippen LogP contribution < -0.4 is 10.6 Å². The maximum atomic E-state index is 12.2. The second kappa shape index (κ2) is 7.65. The molecular formula is C16H25ClN2O. The van der Waals surface area contributed by atoms with Crippen LogP contribution in [-0.4, -0.2) is 19.0 Å². The quantitative estimate of drug-likeness (QED) is 0.900. The molecule has 1 aliphatic rings. The SMILES string of the molecule is Cc1cc(C)cc(C(C)NC(=O)C2CCCNC2)c1.Cl. The molecule has 2 atom stereocenters. The Morgan fingerprint density at radius 3 is 2.50 bits per heavy atom. The molecule has 1 heterocycles. The number of amides is 1. The van der Waals surface area contributed by atoms with E-state index in [2.05, 4.69) is 49.6 Å². The maximum absolute atomic E-state index is 12.2. The highest BCUT2D eigenvalue weighted by atomic mass is 35.5. The summed E-state index contributed by atoms with van der Waals surface area (Å²) in [7, 11) is 0. The smallest absolute Gasteiger partial charge is 0.224 e. The molecule has 1 amide bonds. The first-order valence-electron chi connectivity index (χ1n) is 7.15. The zero-order valence-electron chi connectivity index (χ0n) is 12.5. The van der Waals surface area contributed by atoms with Crippen LogP contribution in [0.3, 0.4) is 0 Å². The molecule has 1 fully saturated rings. The monoisotopic (exact) mass is 296 g/mol. The van der Waals surface area contributed by atoms with Crippen molar-refractivity contribution in [3.8, 4) is 0 Å². The van der Waals surface area contributed by atoms with E-state index in [1.54, 1.807) is 0 Å². The Morgan fingerprint density at radius 2 is 1.95 bits per heavy atom. The number of aryl methyl sites for hydroxylation is 2. The van der Waals surface area contributed by atoms with E-state index in [-0.39, 0.29) is 30.3 Å². The third kappa shape index (κ3) is 4.50. The minimum Gasteiger partial charge on any atom is -0.349 e. The van der Waals surface area contributed by atoms with Gasteiger partial charge in [-0.15, -0.1) is 12.4 Å². The maximum Gasteiger partial charge on any atom is 0.224 e. The van der Waals surface area contributed by atoms with Crippen LogP contribution in [0.5, 0.6) is 0 Å². The summed E-state index contributed by atoms with van der Waals surface area (Å²) in [6.45, 7) is 8.09. The Bertz CT molecular complexity index is 436. The lowest BCUT2D eigenvalue weighted by atomic mass is 9.97. The summed E-state index contributed by atoms with van der Waals surface area (Å²) in [5.74, 6) is 0.306. The number of piperidine rings is 1. The van der Waals surface area contributed by atoms with Crippen LogP contribution in [0.15, 0.2) is 18.2 Å². The fourth-order valence-corrected chi connectivity index (χ4v) is 2.75. The first-order chi connectivity index (χ1) is 9.06. The summed E-state index contributed by atoms with van der Waals surface area (Å²) in [4.78, 5) is 12.2. The lowest BCUT2D eigenvalue weighted by Crippen LogP contribution is -2.41. The number of carbonyl (C=O) groups excluding carboxylic acids is 1. The van der Waals surface area contributed by atoms with Crippen molar-refractivity contribution in [1.82, 2.24) is 10.6 Å². The Balaban J connectivity index is 0.00000200. The molecule has 1 aliphatic heterocycles. The van der Waals surface area contributed by atoms with Gasteiger partial charge in [-0.25, -0.2) is 0 Å². The standard InChI is InChI=1S/C16H24N2O.ClH/c1-11-7-12(2)9-15(8-11)13(3)18-16(19)14-5-4-6-17-10-14;/h7-9,13-14,17H,4-6,10H2,1-3H3,(H,18,19);1H. The molecule has 4 heteroatoms. The van der Waals surface area contributed by atoms with Gasteiger partial charge in [0.1, 0.15) is 0 Å². The van der Waals surface area contributed by atoms with E-state index in [1.807, 2.05) is 0 Å². The predicted octanol–water partition coefficient (Wildman–Crippen LogP) is 2.90. The van der Waals surface area contributed by atoms with Crippen molar-refractivity contribution < 1.29 is 4.79 Å². The Hall–Kier alpha value is -1.06. The lowest BCUT2D eigenvalue weighted by molar-refractivity contribution is -0.126. The summed E-state index contributed by atoms with van der Waals surface area (Å²) in [5.41, 5.74) is 3.68. The zero-order valence-corrected chi connectivity index (χ0v) is 13.3. The highest BCUT2D eigenvalue weighted by molar-refractivity contribution is 5.85. The van der Waals surface area contributed by atoms with Gasteiger partial charge in [0.25, 0.3) is 0 Å². The molecule has 0 spiro atoms. The van der Waals surface area contributed by atoms with Crippen LogP contribution in [0, 0.1) is 19.8 Å². The van der Waals surface area contributed by atoms with E-state index in [0.717, 1.165) is 25.9 Å². The van der Waals surface area contributed by atoms with Gasteiger partial charge in [-0.05, 0) is 45.7 Å². The van der Waals surface area contributed by atoms with Crippen molar-refractivity contribution in [3.05, 3.63) is 34.9 Å². The van der Waals surface area contributed by atoms with E-state index in [1.165, 1.54) is 16.7 Å². The summed E-state index contributed by atoms with van der Waals surface area (Å²) < 4.78 is 0. The van der Waals surface area contributed by atoms with Gasteiger partial charge in [0.2, 0.25) is 5.91 Å². The minimum atomic E-state index is 0. The van der Waals surface area contributed by atoms with Crippen LogP contribution in [0.4, 0.5) is 0 Å². The summed E-state index contributed by atoms with van der Waals surface area (Å²) >= 11 is 0. The van der Waals surface area contributed by atoms with Crippen LogP contribution in [0.25, 0.3) is 0 Å². The Kier molecular flexibility index (Phi) is 6.50. The molecule has 1 aromatic carbocycles. The average molecular weight is 297 g/mol. The van der Waals surface area contributed by atoms with Gasteiger partial charge in [0.05, 0.1) is 12.0 Å². The van der Waals surface area contributed by atoms with Crippen LogP contribution in [0.1, 0.15) is 42.5 Å². The van der Waals surface area contributed by atoms with Gasteiger partial charge in [0, 0.05) is 6.54 Å². The van der Waals surface area contributed by atoms with E-state index < -0.39 is 0 Å². The zero-order chi connectivity index (χ0) is 13.8. The summed E-state index contributed by atoms with van der Waals surface area (Å²) in [5, 5.41) is 6.43. The third-order valence-electron chi connectivity index (χ3n) is 3.77. The highest BCUT2D eigenvalue weighted by Gasteiger charge is 2.22. The number of hydrogen-bond donors (Lipinski definition) is 2. The number of rotatable bonds is 3. The fraction of sp³-hybridized carbons (Fsp3) is 0.562. The molecule has 0 radical (unpaired) electrons. The minimum absolute atomic E-state index is 0. The first kappa shape index (κ1) is 17.0. The molecule has 2 rings (SSSR count). The molecule has 0 aliphatic carbocycles. The largest absolute Gasteiger partial charge is 0.349 e. The normalized spacial score (nSPS) is 19.9. The molecule has 1 saturated heterocycles. The number of halogens is 1. The molecule has 3 nitrogen and oxygen atoms in total. The van der Waals surface area contributed by atoms with Crippen molar-refractivity contribution in [2.75, 3.05) is 13.1 Å². The van der Waals surface area contributed by atoms with Gasteiger partial charge in [0.15, 0.2) is 0 Å².